The minimum absolute atomic E-state index is 0.0150. The molecule has 3 rings (SSSR count). The largest absolute Gasteiger partial charge is 0.371 e. The molecule has 0 spiro atoms. The number of hydrogen-bond donors (Lipinski definition) is 3. The average Bonchev–Trinajstić information content (AvgIpc) is 2.78. The predicted octanol–water partition coefficient (Wildman–Crippen LogP) is 3.38. The van der Waals surface area contributed by atoms with Crippen LogP contribution in [0.2, 0.25) is 0 Å². The molecule has 164 valence electrons. The second-order valence-electron chi connectivity index (χ2n) is 7.68. The zero-order valence-electron chi connectivity index (χ0n) is 17.5. The highest BCUT2D eigenvalue weighted by Gasteiger charge is 2.24. The summed E-state index contributed by atoms with van der Waals surface area (Å²) >= 11 is 0. The van der Waals surface area contributed by atoms with Gasteiger partial charge in [0.2, 0.25) is 5.91 Å². The third-order valence-corrected chi connectivity index (χ3v) is 5.26. The second-order valence-corrected chi connectivity index (χ2v) is 7.68. The van der Waals surface area contributed by atoms with Crippen molar-refractivity contribution in [3.8, 4) is 0 Å². The van der Waals surface area contributed by atoms with Crippen LogP contribution < -0.4 is 16.0 Å². The number of hydrogen-bond acceptors (Lipinski definition) is 5. The van der Waals surface area contributed by atoms with Gasteiger partial charge in [-0.1, -0.05) is 29.8 Å². The first-order valence-electron chi connectivity index (χ1n) is 10.3. The average molecular weight is 425 g/mol. The number of benzene rings is 2. The van der Waals surface area contributed by atoms with Crippen molar-refractivity contribution in [3.63, 3.8) is 0 Å². The zero-order valence-corrected chi connectivity index (χ0v) is 17.5. The summed E-state index contributed by atoms with van der Waals surface area (Å²) in [5.41, 5.74) is 2.11. The van der Waals surface area contributed by atoms with E-state index in [9.17, 15) is 19.7 Å². The number of amides is 3. The molecule has 0 aromatic heterocycles. The Bertz CT molecular complexity index is 932. The summed E-state index contributed by atoms with van der Waals surface area (Å²) in [6.07, 6.45) is 1.77. The number of nitrogens with zero attached hydrogens (tertiary/aromatic N) is 2. The fraction of sp³-hybridized carbons (Fsp3) is 0.364. The minimum Gasteiger partial charge on any atom is -0.371 e. The number of nitro groups is 1. The van der Waals surface area contributed by atoms with Gasteiger partial charge in [-0.2, -0.15) is 0 Å². The van der Waals surface area contributed by atoms with E-state index in [1.165, 1.54) is 6.07 Å². The van der Waals surface area contributed by atoms with Crippen LogP contribution >= 0.6 is 0 Å². The molecule has 1 saturated heterocycles. The van der Waals surface area contributed by atoms with Crippen molar-refractivity contribution in [3.05, 3.63) is 64.2 Å². The van der Waals surface area contributed by atoms with Crippen LogP contribution in [0.25, 0.3) is 0 Å². The number of urea groups is 1. The molecule has 1 fully saturated rings. The molecule has 2 aromatic rings. The van der Waals surface area contributed by atoms with Crippen LogP contribution in [0.5, 0.6) is 0 Å². The van der Waals surface area contributed by atoms with E-state index in [4.69, 9.17) is 0 Å². The number of anilines is 2. The van der Waals surface area contributed by atoms with E-state index in [1.54, 1.807) is 23.1 Å². The van der Waals surface area contributed by atoms with Crippen LogP contribution in [-0.4, -0.2) is 47.9 Å². The van der Waals surface area contributed by atoms with Gasteiger partial charge in [0.25, 0.3) is 5.69 Å². The highest BCUT2D eigenvalue weighted by Crippen LogP contribution is 2.23. The molecule has 1 aliphatic heterocycles. The topological polar surface area (TPSA) is 117 Å². The molecule has 9 heteroatoms. The normalized spacial score (nSPS) is 15.8. The van der Waals surface area contributed by atoms with E-state index in [0.717, 1.165) is 24.1 Å². The molecule has 0 aliphatic carbocycles. The van der Waals surface area contributed by atoms with Gasteiger partial charge in [0, 0.05) is 31.4 Å². The molecule has 0 bridgehead atoms. The highest BCUT2D eigenvalue weighted by molar-refractivity contribution is 5.89. The lowest BCUT2D eigenvalue weighted by molar-refractivity contribution is -0.383. The molecule has 1 aliphatic rings. The van der Waals surface area contributed by atoms with Crippen LogP contribution in [0.15, 0.2) is 48.5 Å². The lowest BCUT2D eigenvalue weighted by Crippen LogP contribution is -2.46. The highest BCUT2D eigenvalue weighted by atomic mass is 16.6. The number of piperidine rings is 1. The van der Waals surface area contributed by atoms with Gasteiger partial charge in [0.1, 0.15) is 5.69 Å². The molecule has 1 heterocycles. The first-order valence-corrected chi connectivity index (χ1v) is 10.3. The molecule has 9 nitrogen and oxygen atoms in total. The summed E-state index contributed by atoms with van der Waals surface area (Å²) in [7, 11) is 0. The standard InChI is InChI=1S/C22H27N5O4/c1-16-8-10-18(11-9-16)25-22(29)24-13-17-5-4-12-26(15-17)21(28)14-23-19-6-2-3-7-20(19)27(30)31/h2-3,6-11,17,23H,4-5,12-15H2,1H3,(H2,24,25,29). The maximum atomic E-state index is 12.6. The summed E-state index contributed by atoms with van der Waals surface area (Å²) in [5.74, 6) is 0.0412. The maximum Gasteiger partial charge on any atom is 0.319 e. The Hall–Kier alpha value is -3.62. The number of para-hydroxylation sites is 2. The van der Waals surface area contributed by atoms with Crippen molar-refractivity contribution < 1.29 is 14.5 Å². The van der Waals surface area contributed by atoms with Gasteiger partial charge in [-0.3, -0.25) is 14.9 Å². The number of nitrogens with one attached hydrogen (secondary N) is 3. The summed E-state index contributed by atoms with van der Waals surface area (Å²) in [6.45, 7) is 3.63. The summed E-state index contributed by atoms with van der Waals surface area (Å²) < 4.78 is 0. The molecule has 0 saturated carbocycles. The molecule has 31 heavy (non-hydrogen) atoms. The van der Waals surface area contributed by atoms with E-state index in [2.05, 4.69) is 16.0 Å². The van der Waals surface area contributed by atoms with Gasteiger partial charge in [-0.15, -0.1) is 0 Å². The number of likely N-dealkylation sites (tertiary alicyclic amines) is 1. The van der Waals surface area contributed by atoms with E-state index < -0.39 is 4.92 Å². The van der Waals surface area contributed by atoms with Crippen LogP contribution in [0.4, 0.5) is 21.9 Å². The minimum atomic E-state index is -0.475. The first-order chi connectivity index (χ1) is 14.9. The third-order valence-electron chi connectivity index (χ3n) is 5.26. The van der Waals surface area contributed by atoms with Crippen molar-refractivity contribution in [2.24, 2.45) is 5.92 Å². The summed E-state index contributed by atoms with van der Waals surface area (Å²) in [4.78, 5) is 37.1. The van der Waals surface area contributed by atoms with E-state index in [1.807, 2.05) is 31.2 Å². The Labute approximate surface area is 181 Å². The van der Waals surface area contributed by atoms with Crippen molar-refractivity contribution in [2.75, 3.05) is 36.8 Å². The molecule has 1 atom stereocenters. The van der Waals surface area contributed by atoms with E-state index in [-0.39, 0.29) is 30.1 Å². The lowest BCUT2D eigenvalue weighted by Gasteiger charge is -2.33. The predicted molar refractivity (Wildman–Crippen MR) is 119 cm³/mol. The Morgan fingerprint density at radius 3 is 2.65 bits per heavy atom. The molecule has 0 radical (unpaired) electrons. The van der Waals surface area contributed by atoms with Crippen LogP contribution in [-0.2, 0) is 4.79 Å². The molecular formula is C22H27N5O4. The van der Waals surface area contributed by atoms with Gasteiger partial charge in [0.05, 0.1) is 11.5 Å². The van der Waals surface area contributed by atoms with Gasteiger partial charge in [-0.05, 0) is 43.9 Å². The number of aryl methyl sites for hydroxylation is 1. The first kappa shape index (κ1) is 22.1. The Balaban J connectivity index is 1.45. The number of carbonyl (C=O) groups excluding carboxylic acids is 2. The Morgan fingerprint density at radius 2 is 1.90 bits per heavy atom. The van der Waals surface area contributed by atoms with Crippen molar-refractivity contribution >= 4 is 29.0 Å². The SMILES string of the molecule is Cc1ccc(NC(=O)NCC2CCCN(C(=O)CNc3ccccc3[N+](=O)[O-])C2)cc1. The number of nitro benzene ring substituents is 1. The van der Waals surface area contributed by atoms with Gasteiger partial charge in [0.15, 0.2) is 0 Å². The molecule has 1 unspecified atom stereocenters. The van der Waals surface area contributed by atoms with Crippen molar-refractivity contribution in [1.82, 2.24) is 10.2 Å². The molecular weight excluding hydrogens is 398 g/mol. The maximum absolute atomic E-state index is 12.6. The van der Waals surface area contributed by atoms with Crippen molar-refractivity contribution in [2.45, 2.75) is 19.8 Å². The third kappa shape index (κ3) is 6.43. The fourth-order valence-corrected chi connectivity index (χ4v) is 3.57. The van der Waals surface area contributed by atoms with Gasteiger partial charge < -0.3 is 20.9 Å². The van der Waals surface area contributed by atoms with Crippen molar-refractivity contribution in [1.29, 1.82) is 0 Å². The zero-order chi connectivity index (χ0) is 22.2. The quantitative estimate of drug-likeness (QED) is 0.464. The van der Waals surface area contributed by atoms with E-state index in [0.29, 0.717) is 25.3 Å². The second kappa shape index (κ2) is 10.4. The monoisotopic (exact) mass is 425 g/mol. The van der Waals surface area contributed by atoms with Gasteiger partial charge in [-0.25, -0.2) is 4.79 Å². The number of rotatable bonds is 7. The fourth-order valence-electron chi connectivity index (χ4n) is 3.57. The summed E-state index contributed by atoms with van der Waals surface area (Å²) in [5, 5.41) is 19.6. The Morgan fingerprint density at radius 1 is 1.16 bits per heavy atom. The van der Waals surface area contributed by atoms with E-state index >= 15 is 0 Å². The smallest absolute Gasteiger partial charge is 0.319 e. The number of carbonyl (C=O) groups is 2. The molecule has 3 amide bonds. The van der Waals surface area contributed by atoms with Gasteiger partial charge >= 0.3 is 6.03 Å². The van der Waals surface area contributed by atoms with Crippen LogP contribution in [0.3, 0.4) is 0 Å². The summed E-state index contributed by atoms with van der Waals surface area (Å²) in [6, 6.07) is 13.5. The van der Waals surface area contributed by atoms with Crippen LogP contribution in [0, 0.1) is 23.0 Å². The lowest BCUT2D eigenvalue weighted by atomic mass is 9.98. The molecule has 3 N–H and O–H groups in total. The van der Waals surface area contributed by atoms with Crippen LogP contribution in [0.1, 0.15) is 18.4 Å². The Kier molecular flexibility index (Phi) is 7.42. The molecule has 2 aromatic carbocycles.